The molecular formula is C20H23N3O3. The smallest absolute Gasteiger partial charge is 0.335 e. The number of fused-ring (bicyclic) bond motifs is 1. The summed E-state index contributed by atoms with van der Waals surface area (Å²) in [7, 11) is 0. The largest absolute Gasteiger partial charge is 0.478 e. The molecular weight excluding hydrogens is 330 g/mol. The molecule has 1 aliphatic heterocycles. The van der Waals surface area contributed by atoms with Crippen LogP contribution in [-0.2, 0) is 4.79 Å². The van der Waals surface area contributed by atoms with Crippen LogP contribution >= 0.6 is 0 Å². The van der Waals surface area contributed by atoms with E-state index in [4.69, 9.17) is 0 Å². The highest BCUT2D eigenvalue weighted by molar-refractivity contribution is 5.95. The molecule has 26 heavy (non-hydrogen) atoms. The molecule has 1 aliphatic rings. The third-order valence-electron chi connectivity index (χ3n) is 5.09. The zero-order chi connectivity index (χ0) is 19.0. The van der Waals surface area contributed by atoms with Gasteiger partial charge in [0.25, 0.3) is 0 Å². The second-order valence-corrected chi connectivity index (χ2v) is 6.85. The van der Waals surface area contributed by atoms with Crippen LogP contribution in [0.1, 0.15) is 48.4 Å². The van der Waals surface area contributed by atoms with Crippen molar-refractivity contribution in [2.45, 2.75) is 39.8 Å². The van der Waals surface area contributed by atoms with Gasteiger partial charge in [-0.2, -0.15) is 0 Å². The van der Waals surface area contributed by atoms with Gasteiger partial charge in [-0.25, -0.2) is 9.78 Å². The van der Waals surface area contributed by atoms with E-state index in [0.717, 1.165) is 22.8 Å². The zero-order valence-electron chi connectivity index (χ0n) is 15.4. The van der Waals surface area contributed by atoms with E-state index in [2.05, 4.69) is 17.2 Å². The topological polar surface area (TPSA) is 82.5 Å². The Morgan fingerprint density at radius 3 is 2.54 bits per heavy atom. The fourth-order valence-electron chi connectivity index (χ4n) is 3.62. The Kier molecular flexibility index (Phi) is 4.68. The number of carbonyl (C=O) groups is 2. The molecule has 2 heterocycles. The fraction of sp³-hybridized carbons (Fsp3) is 0.350. The van der Waals surface area contributed by atoms with E-state index in [1.54, 1.807) is 23.1 Å². The summed E-state index contributed by atoms with van der Waals surface area (Å²) in [5, 5.41) is 12.8. The van der Waals surface area contributed by atoms with Crippen LogP contribution in [0.4, 0.5) is 11.5 Å². The van der Waals surface area contributed by atoms with Crippen molar-refractivity contribution in [3.63, 3.8) is 0 Å². The van der Waals surface area contributed by atoms with Crippen LogP contribution < -0.4 is 10.2 Å². The number of aromatic nitrogens is 1. The first kappa shape index (κ1) is 17.9. The molecule has 1 amide bonds. The monoisotopic (exact) mass is 353 g/mol. The maximum atomic E-state index is 12.2. The minimum absolute atomic E-state index is 0.0296. The van der Waals surface area contributed by atoms with Gasteiger partial charge in [0, 0.05) is 30.3 Å². The van der Waals surface area contributed by atoms with E-state index in [0.29, 0.717) is 0 Å². The first-order chi connectivity index (χ1) is 12.3. The molecule has 0 spiro atoms. The molecule has 3 atom stereocenters. The number of nitrogens with zero attached hydrogens (tertiary/aromatic N) is 2. The van der Waals surface area contributed by atoms with Gasteiger partial charge in [-0.15, -0.1) is 0 Å². The third-order valence-corrected chi connectivity index (χ3v) is 5.09. The Labute approximate surface area is 152 Å². The highest BCUT2D eigenvalue weighted by atomic mass is 16.4. The molecule has 0 saturated carbocycles. The van der Waals surface area contributed by atoms with Gasteiger partial charge < -0.3 is 15.3 Å². The number of benzene rings is 1. The molecule has 136 valence electrons. The number of pyridine rings is 1. The summed E-state index contributed by atoms with van der Waals surface area (Å²) in [5.74, 6) is -0.239. The number of rotatable bonds is 3. The van der Waals surface area contributed by atoms with E-state index >= 15 is 0 Å². The number of anilines is 2. The lowest BCUT2D eigenvalue weighted by atomic mass is 9.82. The van der Waals surface area contributed by atoms with Crippen LogP contribution in [0.2, 0.25) is 0 Å². The van der Waals surface area contributed by atoms with Crippen molar-refractivity contribution >= 4 is 23.4 Å². The minimum atomic E-state index is -0.985. The number of hydrogen-bond acceptors (Lipinski definition) is 4. The Balaban J connectivity index is 2.11. The normalized spacial score (nSPS) is 21.8. The number of carboxylic acids is 1. The fourth-order valence-corrected chi connectivity index (χ4v) is 3.62. The maximum absolute atomic E-state index is 12.2. The van der Waals surface area contributed by atoms with Gasteiger partial charge in [-0.3, -0.25) is 4.79 Å². The first-order valence-corrected chi connectivity index (χ1v) is 8.67. The Bertz CT molecular complexity index is 865. The average molecular weight is 353 g/mol. The second kappa shape index (κ2) is 6.78. The van der Waals surface area contributed by atoms with Crippen molar-refractivity contribution in [3.05, 3.63) is 53.2 Å². The lowest BCUT2D eigenvalue weighted by molar-refractivity contribution is -0.117. The van der Waals surface area contributed by atoms with E-state index in [9.17, 15) is 14.7 Å². The number of aromatic carboxylic acids is 1. The van der Waals surface area contributed by atoms with Gasteiger partial charge in [-0.1, -0.05) is 13.0 Å². The SMILES string of the molecule is CC(=O)N1c2ccc(C(=O)O)cc2[C@H](Nc2cccc(C)n2)[C@@H](C)[C@@H]1C. The van der Waals surface area contributed by atoms with Gasteiger partial charge in [0.15, 0.2) is 0 Å². The predicted molar refractivity (Wildman–Crippen MR) is 101 cm³/mol. The molecule has 0 saturated heterocycles. The van der Waals surface area contributed by atoms with Gasteiger partial charge in [0.05, 0.1) is 11.6 Å². The lowest BCUT2D eigenvalue weighted by Crippen LogP contribution is -2.48. The summed E-state index contributed by atoms with van der Waals surface area (Å²) in [6.07, 6.45) is 0. The van der Waals surface area contributed by atoms with Gasteiger partial charge in [0.2, 0.25) is 5.91 Å². The molecule has 1 aromatic heterocycles. The van der Waals surface area contributed by atoms with Crippen LogP contribution in [0.5, 0.6) is 0 Å². The predicted octanol–water partition coefficient (Wildman–Crippen LogP) is 3.63. The Hall–Kier alpha value is -2.89. The summed E-state index contributed by atoms with van der Waals surface area (Å²) >= 11 is 0. The van der Waals surface area contributed by atoms with E-state index in [1.165, 1.54) is 6.92 Å². The molecule has 2 aromatic rings. The number of carboxylic acid groups (broad SMARTS) is 1. The maximum Gasteiger partial charge on any atom is 0.335 e. The van der Waals surface area contributed by atoms with Crippen molar-refractivity contribution < 1.29 is 14.7 Å². The number of nitrogens with one attached hydrogen (secondary N) is 1. The van der Waals surface area contributed by atoms with E-state index in [1.807, 2.05) is 32.0 Å². The van der Waals surface area contributed by atoms with Crippen LogP contribution in [0.3, 0.4) is 0 Å². The van der Waals surface area contributed by atoms with E-state index < -0.39 is 5.97 Å². The van der Waals surface area contributed by atoms with Gasteiger partial charge >= 0.3 is 5.97 Å². The molecule has 0 aliphatic carbocycles. The number of amides is 1. The van der Waals surface area contributed by atoms with Gasteiger partial charge in [-0.05, 0) is 49.7 Å². The Morgan fingerprint density at radius 1 is 1.19 bits per heavy atom. The summed E-state index contributed by atoms with van der Waals surface area (Å²) in [4.78, 5) is 29.9. The van der Waals surface area contributed by atoms with Crippen molar-refractivity contribution in [2.24, 2.45) is 5.92 Å². The Morgan fingerprint density at radius 2 is 1.92 bits per heavy atom. The zero-order valence-corrected chi connectivity index (χ0v) is 15.4. The molecule has 0 fully saturated rings. The van der Waals surface area contributed by atoms with Crippen molar-refractivity contribution in [1.29, 1.82) is 0 Å². The van der Waals surface area contributed by atoms with Crippen LogP contribution in [0, 0.1) is 12.8 Å². The molecule has 6 heteroatoms. The summed E-state index contributed by atoms with van der Waals surface area (Å²) < 4.78 is 0. The molecule has 6 nitrogen and oxygen atoms in total. The molecule has 0 radical (unpaired) electrons. The third kappa shape index (κ3) is 3.14. The van der Waals surface area contributed by atoms with Crippen molar-refractivity contribution in [3.8, 4) is 0 Å². The highest BCUT2D eigenvalue weighted by Crippen LogP contribution is 2.42. The van der Waals surface area contributed by atoms with Crippen molar-refractivity contribution in [2.75, 3.05) is 10.2 Å². The number of hydrogen-bond donors (Lipinski definition) is 2. The summed E-state index contributed by atoms with van der Waals surface area (Å²) in [5.41, 5.74) is 2.65. The molecule has 1 aromatic carbocycles. The molecule has 0 bridgehead atoms. The molecule has 0 unspecified atom stereocenters. The summed E-state index contributed by atoms with van der Waals surface area (Å²) in [6, 6.07) is 10.5. The van der Waals surface area contributed by atoms with Crippen molar-refractivity contribution in [1.82, 2.24) is 4.98 Å². The van der Waals surface area contributed by atoms with Gasteiger partial charge in [0.1, 0.15) is 5.82 Å². The van der Waals surface area contributed by atoms with Crippen LogP contribution in [0.25, 0.3) is 0 Å². The van der Waals surface area contributed by atoms with Crippen LogP contribution in [-0.4, -0.2) is 28.0 Å². The lowest BCUT2D eigenvalue weighted by Gasteiger charge is -2.44. The quantitative estimate of drug-likeness (QED) is 0.880. The highest BCUT2D eigenvalue weighted by Gasteiger charge is 2.38. The first-order valence-electron chi connectivity index (χ1n) is 8.67. The number of carbonyl (C=O) groups excluding carboxylic acids is 1. The average Bonchev–Trinajstić information content (AvgIpc) is 2.58. The molecule has 2 N–H and O–H groups in total. The second-order valence-electron chi connectivity index (χ2n) is 6.85. The van der Waals surface area contributed by atoms with Crippen LogP contribution in [0.15, 0.2) is 36.4 Å². The number of aryl methyl sites for hydroxylation is 1. The minimum Gasteiger partial charge on any atom is -0.478 e. The van der Waals surface area contributed by atoms with E-state index in [-0.39, 0.29) is 29.5 Å². The molecule has 3 rings (SSSR count). The standard InChI is InChI=1S/C20H23N3O3/c1-11-6-5-7-18(21-11)22-19-12(2)13(3)23(14(4)24)17-9-8-15(20(25)26)10-16(17)19/h5-10,12-13,19H,1-4H3,(H,21,22)(H,25,26)/t12-,13-,19+/m0/s1. The summed E-state index contributed by atoms with van der Waals surface area (Å²) in [6.45, 7) is 7.53.